The predicted molar refractivity (Wildman–Crippen MR) is 76.3 cm³/mol. The molecule has 2 N–H and O–H groups in total. The van der Waals surface area contributed by atoms with Crippen LogP contribution in [-0.4, -0.2) is 18.1 Å². The average Bonchev–Trinajstić information content (AvgIpc) is 2.75. The van der Waals surface area contributed by atoms with Gasteiger partial charge < -0.3 is 15.0 Å². The third-order valence-electron chi connectivity index (χ3n) is 2.23. The molecule has 0 aliphatic rings. The van der Waals surface area contributed by atoms with Gasteiger partial charge in [-0.25, -0.2) is 0 Å². The molecule has 0 fully saturated rings. The smallest absolute Gasteiger partial charge is 0.304 e. The number of thiazole rings is 1. The number of benzene rings is 1. The standard InChI is InChI=1S/C12H13BrN2O2S/c13-9-2-1-3-11(6-9)17-5-4-14-7-10-8-18-12(16)15-10/h1-3,6,8,14H,4-5,7H2,(H,15,16). The van der Waals surface area contributed by atoms with Crippen LogP contribution in [0.5, 0.6) is 5.75 Å². The van der Waals surface area contributed by atoms with E-state index in [2.05, 4.69) is 26.2 Å². The second-order valence-corrected chi connectivity index (χ2v) is 5.41. The van der Waals surface area contributed by atoms with Gasteiger partial charge in [-0.05, 0) is 18.2 Å². The largest absolute Gasteiger partial charge is 0.492 e. The Morgan fingerprint density at radius 2 is 2.33 bits per heavy atom. The fraction of sp³-hybridized carbons (Fsp3) is 0.250. The highest BCUT2D eigenvalue weighted by molar-refractivity contribution is 9.10. The van der Waals surface area contributed by atoms with Crippen LogP contribution in [0.2, 0.25) is 0 Å². The van der Waals surface area contributed by atoms with E-state index >= 15 is 0 Å². The molecule has 0 unspecified atom stereocenters. The van der Waals surface area contributed by atoms with E-state index in [0.29, 0.717) is 13.2 Å². The number of hydrogen-bond donors (Lipinski definition) is 2. The molecule has 0 bridgehead atoms. The molecular formula is C12H13BrN2O2S. The maximum atomic E-state index is 10.9. The molecule has 0 saturated carbocycles. The van der Waals surface area contributed by atoms with E-state index < -0.39 is 0 Å². The van der Waals surface area contributed by atoms with Crippen molar-refractivity contribution in [2.75, 3.05) is 13.2 Å². The predicted octanol–water partition coefficient (Wildman–Crippen LogP) is 2.37. The second-order valence-electron chi connectivity index (χ2n) is 3.66. The Hall–Kier alpha value is -1.11. The summed E-state index contributed by atoms with van der Waals surface area (Å²) in [6.45, 7) is 1.97. The van der Waals surface area contributed by atoms with E-state index in [-0.39, 0.29) is 4.87 Å². The van der Waals surface area contributed by atoms with Crippen LogP contribution in [0, 0.1) is 0 Å². The lowest BCUT2D eigenvalue weighted by atomic mass is 10.3. The quantitative estimate of drug-likeness (QED) is 0.800. The Morgan fingerprint density at radius 1 is 1.44 bits per heavy atom. The normalized spacial score (nSPS) is 10.5. The van der Waals surface area contributed by atoms with E-state index in [1.807, 2.05) is 29.6 Å². The van der Waals surface area contributed by atoms with Crippen molar-refractivity contribution >= 4 is 27.3 Å². The van der Waals surface area contributed by atoms with Crippen LogP contribution < -0.4 is 14.9 Å². The van der Waals surface area contributed by atoms with Gasteiger partial charge in [0.2, 0.25) is 0 Å². The van der Waals surface area contributed by atoms with Gasteiger partial charge in [-0.3, -0.25) is 4.79 Å². The van der Waals surface area contributed by atoms with Crippen molar-refractivity contribution in [3.63, 3.8) is 0 Å². The second kappa shape index (κ2) is 6.72. The van der Waals surface area contributed by atoms with Crippen LogP contribution in [0.25, 0.3) is 0 Å². The fourth-order valence-corrected chi connectivity index (χ4v) is 2.38. The summed E-state index contributed by atoms with van der Waals surface area (Å²) >= 11 is 4.57. The third-order valence-corrected chi connectivity index (χ3v) is 3.44. The van der Waals surface area contributed by atoms with E-state index in [9.17, 15) is 4.79 Å². The Kier molecular flexibility index (Phi) is 4.98. The maximum absolute atomic E-state index is 10.9. The van der Waals surface area contributed by atoms with Crippen molar-refractivity contribution in [3.05, 3.63) is 49.5 Å². The topological polar surface area (TPSA) is 54.1 Å². The van der Waals surface area contributed by atoms with Gasteiger partial charge in [0.1, 0.15) is 12.4 Å². The highest BCUT2D eigenvalue weighted by Crippen LogP contribution is 2.17. The van der Waals surface area contributed by atoms with E-state index in [4.69, 9.17) is 4.74 Å². The van der Waals surface area contributed by atoms with Gasteiger partial charge in [0.15, 0.2) is 0 Å². The minimum absolute atomic E-state index is 0.0165. The summed E-state index contributed by atoms with van der Waals surface area (Å²) in [4.78, 5) is 13.6. The number of halogens is 1. The summed E-state index contributed by atoms with van der Waals surface area (Å²) in [6.07, 6.45) is 0. The van der Waals surface area contributed by atoms with Gasteiger partial charge in [0.25, 0.3) is 0 Å². The Bertz CT molecular complexity index is 553. The zero-order valence-electron chi connectivity index (χ0n) is 9.61. The first-order chi connectivity index (χ1) is 8.74. The molecule has 4 nitrogen and oxygen atoms in total. The number of nitrogens with one attached hydrogen (secondary N) is 2. The van der Waals surface area contributed by atoms with Gasteiger partial charge in [-0.2, -0.15) is 0 Å². The van der Waals surface area contributed by atoms with Gasteiger partial charge >= 0.3 is 4.87 Å². The van der Waals surface area contributed by atoms with Crippen molar-refractivity contribution in [1.29, 1.82) is 0 Å². The number of ether oxygens (including phenoxy) is 1. The lowest BCUT2D eigenvalue weighted by molar-refractivity contribution is 0.313. The van der Waals surface area contributed by atoms with Crippen LogP contribution >= 0.6 is 27.3 Å². The molecule has 18 heavy (non-hydrogen) atoms. The van der Waals surface area contributed by atoms with Crippen LogP contribution in [0.4, 0.5) is 0 Å². The molecule has 0 atom stereocenters. The molecule has 6 heteroatoms. The lowest BCUT2D eigenvalue weighted by Crippen LogP contribution is -2.21. The first kappa shape index (κ1) is 13.3. The molecular weight excluding hydrogens is 316 g/mol. The SMILES string of the molecule is O=c1[nH]c(CNCCOc2cccc(Br)c2)cs1. The van der Waals surface area contributed by atoms with Crippen LogP contribution in [0.3, 0.4) is 0 Å². The van der Waals surface area contributed by atoms with Crippen LogP contribution in [0.1, 0.15) is 5.69 Å². The van der Waals surface area contributed by atoms with Gasteiger partial charge in [-0.1, -0.05) is 33.3 Å². The number of H-pyrrole nitrogens is 1. The molecule has 1 aromatic carbocycles. The summed E-state index contributed by atoms with van der Waals surface area (Å²) in [5.41, 5.74) is 0.910. The highest BCUT2D eigenvalue weighted by atomic mass is 79.9. The molecule has 0 aliphatic carbocycles. The zero-order valence-corrected chi connectivity index (χ0v) is 12.0. The van der Waals surface area contributed by atoms with Crippen molar-refractivity contribution < 1.29 is 4.74 Å². The molecule has 0 radical (unpaired) electrons. The molecule has 96 valence electrons. The van der Waals surface area contributed by atoms with Crippen molar-refractivity contribution in [2.45, 2.75) is 6.54 Å². The zero-order chi connectivity index (χ0) is 12.8. The lowest BCUT2D eigenvalue weighted by Gasteiger charge is -2.07. The maximum Gasteiger partial charge on any atom is 0.304 e. The minimum Gasteiger partial charge on any atom is -0.492 e. The van der Waals surface area contributed by atoms with Gasteiger partial charge in [0.05, 0.1) is 0 Å². The van der Waals surface area contributed by atoms with E-state index in [1.165, 1.54) is 11.3 Å². The van der Waals surface area contributed by atoms with E-state index in [1.54, 1.807) is 0 Å². The summed E-state index contributed by atoms with van der Waals surface area (Å²) in [7, 11) is 0. The summed E-state index contributed by atoms with van der Waals surface area (Å²) in [5, 5.41) is 5.02. The molecule has 1 aromatic heterocycles. The molecule has 0 spiro atoms. The Labute approximate surface area is 117 Å². The summed E-state index contributed by atoms with van der Waals surface area (Å²) < 4.78 is 6.57. The summed E-state index contributed by atoms with van der Waals surface area (Å²) in [5.74, 6) is 0.843. The first-order valence-corrected chi connectivity index (χ1v) is 7.17. The Morgan fingerprint density at radius 3 is 3.06 bits per heavy atom. The van der Waals surface area contributed by atoms with E-state index in [0.717, 1.165) is 22.5 Å². The molecule has 0 aliphatic heterocycles. The average molecular weight is 329 g/mol. The molecule has 2 rings (SSSR count). The number of rotatable bonds is 6. The molecule has 2 aromatic rings. The highest BCUT2D eigenvalue weighted by Gasteiger charge is 1.97. The molecule has 0 saturated heterocycles. The third kappa shape index (κ3) is 4.29. The number of aromatic amines is 1. The summed E-state index contributed by atoms with van der Waals surface area (Å²) in [6, 6.07) is 7.73. The van der Waals surface area contributed by atoms with Crippen molar-refractivity contribution in [2.24, 2.45) is 0 Å². The number of hydrogen-bond acceptors (Lipinski definition) is 4. The molecule has 1 heterocycles. The van der Waals surface area contributed by atoms with Gasteiger partial charge in [0, 0.05) is 28.6 Å². The fourth-order valence-electron chi connectivity index (χ4n) is 1.42. The van der Waals surface area contributed by atoms with Gasteiger partial charge in [-0.15, -0.1) is 0 Å². The van der Waals surface area contributed by atoms with Crippen LogP contribution in [-0.2, 0) is 6.54 Å². The van der Waals surface area contributed by atoms with Crippen molar-refractivity contribution in [3.8, 4) is 5.75 Å². The monoisotopic (exact) mass is 328 g/mol. The number of aromatic nitrogens is 1. The minimum atomic E-state index is -0.0165. The van der Waals surface area contributed by atoms with Crippen molar-refractivity contribution in [1.82, 2.24) is 10.3 Å². The molecule has 0 amide bonds. The Balaban J connectivity index is 1.66. The van der Waals surface area contributed by atoms with Crippen LogP contribution in [0.15, 0.2) is 38.9 Å². The first-order valence-electron chi connectivity index (χ1n) is 5.50.